The van der Waals surface area contributed by atoms with Crippen molar-refractivity contribution in [3.05, 3.63) is 35.9 Å². The molecule has 0 fully saturated rings. The van der Waals surface area contributed by atoms with Crippen LogP contribution in [0.1, 0.15) is 25.8 Å². The number of hydrogen-bond donors (Lipinski definition) is 1. The lowest BCUT2D eigenvalue weighted by Crippen LogP contribution is -2.01. The zero-order valence-corrected chi connectivity index (χ0v) is 11.8. The first kappa shape index (κ1) is 13.4. The van der Waals surface area contributed by atoms with Gasteiger partial charge in [0.05, 0.1) is 5.52 Å². The van der Waals surface area contributed by atoms with Gasteiger partial charge in [0.25, 0.3) is 0 Å². The quantitative estimate of drug-likeness (QED) is 0.830. The predicted octanol–water partition coefficient (Wildman–Crippen LogP) is 3.83. The molecule has 0 saturated carbocycles. The SMILES string of the molecule is CC(C)CCSc1nc2ccccc2cc1CN. The first-order valence-electron chi connectivity index (χ1n) is 6.42. The fourth-order valence-corrected chi connectivity index (χ4v) is 3.08. The van der Waals surface area contributed by atoms with Crippen LogP contribution in [0.4, 0.5) is 0 Å². The number of pyridine rings is 1. The molecule has 2 aromatic rings. The van der Waals surface area contributed by atoms with Gasteiger partial charge in [-0.05, 0) is 35.8 Å². The number of hydrogen-bond acceptors (Lipinski definition) is 3. The Morgan fingerprint density at radius 2 is 2.06 bits per heavy atom. The fraction of sp³-hybridized carbons (Fsp3) is 0.400. The first-order chi connectivity index (χ1) is 8.70. The molecule has 2 nitrogen and oxygen atoms in total. The van der Waals surface area contributed by atoms with Gasteiger partial charge in [0.1, 0.15) is 5.03 Å². The zero-order valence-electron chi connectivity index (χ0n) is 11.0. The van der Waals surface area contributed by atoms with E-state index < -0.39 is 0 Å². The standard InChI is InChI=1S/C15H20N2S/c1-11(2)7-8-18-15-13(10-16)9-12-5-3-4-6-14(12)17-15/h3-6,9,11H,7-8,10,16H2,1-2H3. The minimum absolute atomic E-state index is 0.557. The van der Waals surface area contributed by atoms with Crippen molar-refractivity contribution in [1.82, 2.24) is 4.98 Å². The first-order valence-corrected chi connectivity index (χ1v) is 7.41. The van der Waals surface area contributed by atoms with Crippen LogP contribution >= 0.6 is 11.8 Å². The van der Waals surface area contributed by atoms with Gasteiger partial charge in [0, 0.05) is 11.9 Å². The Bertz CT molecular complexity index is 523. The minimum atomic E-state index is 0.557. The van der Waals surface area contributed by atoms with Crippen molar-refractivity contribution in [3.8, 4) is 0 Å². The molecule has 2 N–H and O–H groups in total. The molecule has 2 rings (SSSR count). The molecule has 1 aromatic carbocycles. The number of fused-ring (bicyclic) bond motifs is 1. The maximum absolute atomic E-state index is 5.82. The number of nitrogens with zero attached hydrogens (tertiary/aromatic N) is 1. The molecule has 1 aromatic heterocycles. The molecular weight excluding hydrogens is 240 g/mol. The van der Waals surface area contributed by atoms with Crippen molar-refractivity contribution in [2.24, 2.45) is 11.7 Å². The van der Waals surface area contributed by atoms with E-state index in [1.165, 1.54) is 11.8 Å². The van der Waals surface area contributed by atoms with E-state index in [4.69, 9.17) is 10.7 Å². The van der Waals surface area contributed by atoms with Gasteiger partial charge >= 0.3 is 0 Å². The smallest absolute Gasteiger partial charge is 0.101 e. The number of thioether (sulfide) groups is 1. The molecular formula is C15H20N2S. The van der Waals surface area contributed by atoms with Crippen molar-refractivity contribution in [3.63, 3.8) is 0 Å². The molecule has 0 radical (unpaired) electrons. The van der Waals surface area contributed by atoms with Gasteiger partial charge in [-0.1, -0.05) is 32.0 Å². The summed E-state index contributed by atoms with van der Waals surface area (Å²) in [7, 11) is 0. The molecule has 0 unspecified atom stereocenters. The third-order valence-electron chi connectivity index (χ3n) is 2.92. The number of benzene rings is 1. The topological polar surface area (TPSA) is 38.9 Å². The minimum Gasteiger partial charge on any atom is -0.326 e. The van der Waals surface area contributed by atoms with Crippen LogP contribution in [0.3, 0.4) is 0 Å². The Labute approximate surface area is 113 Å². The molecule has 0 bridgehead atoms. The summed E-state index contributed by atoms with van der Waals surface area (Å²) in [6.45, 7) is 5.05. The molecule has 0 atom stereocenters. The lowest BCUT2D eigenvalue weighted by Gasteiger charge is -2.09. The summed E-state index contributed by atoms with van der Waals surface area (Å²) in [5.74, 6) is 1.84. The molecule has 0 aliphatic carbocycles. The second kappa shape index (κ2) is 6.21. The molecule has 96 valence electrons. The van der Waals surface area contributed by atoms with Crippen molar-refractivity contribution < 1.29 is 0 Å². The summed E-state index contributed by atoms with van der Waals surface area (Å²) < 4.78 is 0. The Morgan fingerprint density at radius 3 is 2.78 bits per heavy atom. The van der Waals surface area contributed by atoms with Crippen molar-refractivity contribution in [2.45, 2.75) is 31.8 Å². The predicted molar refractivity (Wildman–Crippen MR) is 79.8 cm³/mol. The van der Waals surface area contributed by atoms with E-state index in [1.54, 1.807) is 0 Å². The molecule has 0 aliphatic heterocycles. The summed E-state index contributed by atoms with van der Waals surface area (Å²) in [6, 6.07) is 10.4. The van der Waals surface area contributed by atoms with Crippen LogP contribution in [0.5, 0.6) is 0 Å². The molecule has 18 heavy (non-hydrogen) atoms. The number of para-hydroxylation sites is 1. The maximum Gasteiger partial charge on any atom is 0.101 e. The van der Waals surface area contributed by atoms with E-state index in [0.29, 0.717) is 6.54 Å². The van der Waals surface area contributed by atoms with Crippen LogP contribution in [-0.4, -0.2) is 10.7 Å². The normalized spacial score (nSPS) is 11.3. The van der Waals surface area contributed by atoms with Crippen molar-refractivity contribution >= 4 is 22.7 Å². The third kappa shape index (κ3) is 3.24. The fourth-order valence-electron chi connectivity index (χ4n) is 1.80. The lowest BCUT2D eigenvalue weighted by molar-refractivity contribution is 0.632. The number of rotatable bonds is 5. The number of aromatic nitrogens is 1. The summed E-state index contributed by atoms with van der Waals surface area (Å²) in [5, 5.41) is 2.27. The summed E-state index contributed by atoms with van der Waals surface area (Å²) in [5.41, 5.74) is 8.03. The Morgan fingerprint density at radius 1 is 1.28 bits per heavy atom. The van der Waals surface area contributed by atoms with E-state index in [0.717, 1.165) is 27.8 Å². The van der Waals surface area contributed by atoms with Crippen LogP contribution in [0.15, 0.2) is 35.4 Å². The van der Waals surface area contributed by atoms with E-state index in [1.807, 2.05) is 23.9 Å². The van der Waals surface area contributed by atoms with E-state index >= 15 is 0 Å². The van der Waals surface area contributed by atoms with Crippen LogP contribution in [-0.2, 0) is 6.54 Å². The van der Waals surface area contributed by atoms with Gasteiger partial charge in [0.15, 0.2) is 0 Å². The van der Waals surface area contributed by atoms with E-state index in [9.17, 15) is 0 Å². The summed E-state index contributed by atoms with van der Waals surface area (Å²) in [6.07, 6.45) is 1.21. The monoisotopic (exact) mass is 260 g/mol. The molecule has 3 heteroatoms. The summed E-state index contributed by atoms with van der Waals surface area (Å²) >= 11 is 1.82. The van der Waals surface area contributed by atoms with Gasteiger partial charge in [-0.2, -0.15) is 0 Å². The van der Waals surface area contributed by atoms with E-state index in [-0.39, 0.29) is 0 Å². The molecule has 0 aliphatic rings. The van der Waals surface area contributed by atoms with Crippen LogP contribution in [0.2, 0.25) is 0 Å². The van der Waals surface area contributed by atoms with Gasteiger partial charge in [-0.3, -0.25) is 0 Å². The van der Waals surface area contributed by atoms with Gasteiger partial charge in [-0.25, -0.2) is 4.98 Å². The lowest BCUT2D eigenvalue weighted by atomic mass is 10.1. The largest absolute Gasteiger partial charge is 0.326 e. The average molecular weight is 260 g/mol. The zero-order chi connectivity index (χ0) is 13.0. The van der Waals surface area contributed by atoms with Gasteiger partial charge in [0.2, 0.25) is 0 Å². The highest BCUT2D eigenvalue weighted by atomic mass is 32.2. The molecule has 0 spiro atoms. The molecule has 0 amide bonds. The maximum atomic E-state index is 5.82. The van der Waals surface area contributed by atoms with Crippen LogP contribution in [0.25, 0.3) is 10.9 Å². The number of nitrogens with two attached hydrogens (primary N) is 1. The van der Waals surface area contributed by atoms with E-state index in [2.05, 4.69) is 32.0 Å². The van der Waals surface area contributed by atoms with Gasteiger partial charge < -0.3 is 5.73 Å². The average Bonchev–Trinajstić information content (AvgIpc) is 2.37. The van der Waals surface area contributed by atoms with Crippen molar-refractivity contribution in [1.29, 1.82) is 0 Å². The highest BCUT2D eigenvalue weighted by Gasteiger charge is 2.06. The Balaban J connectivity index is 2.24. The molecule has 1 heterocycles. The van der Waals surface area contributed by atoms with Gasteiger partial charge in [-0.15, -0.1) is 11.8 Å². The highest BCUT2D eigenvalue weighted by Crippen LogP contribution is 2.26. The highest BCUT2D eigenvalue weighted by molar-refractivity contribution is 7.99. The Kier molecular flexibility index (Phi) is 4.61. The third-order valence-corrected chi connectivity index (χ3v) is 3.98. The Hall–Kier alpha value is -1.06. The second-order valence-electron chi connectivity index (χ2n) is 4.88. The van der Waals surface area contributed by atoms with Crippen LogP contribution in [0, 0.1) is 5.92 Å². The second-order valence-corrected chi connectivity index (χ2v) is 5.96. The van der Waals surface area contributed by atoms with Crippen molar-refractivity contribution in [2.75, 3.05) is 5.75 Å². The van der Waals surface area contributed by atoms with Crippen LogP contribution < -0.4 is 5.73 Å². The molecule has 0 saturated heterocycles. The summed E-state index contributed by atoms with van der Waals surface area (Å²) in [4.78, 5) is 4.73.